The van der Waals surface area contributed by atoms with Crippen molar-refractivity contribution in [1.29, 1.82) is 0 Å². The summed E-state index contributed by atoms with van der Waals surface area (Å²) in [4.78, 5) is 16.4. The van der Waals surface area contributed by atoms with Crippen LogP contribution < -0.4 is 10.1 Å². The summed E-state index contributed by atoms with van der Waals surface area (Å²) >= 11 is 0. The van der Waals surface area contributed by atoms with Gasteiger partial charge in [-0.3, -0.25) is 4.79 Å². The van der Waals surface area contributed by atoms with E-state index >= 15 is 0 Å². The first-order valence-corrected chi connectivity index (χ1v) is 8.41. The van der Waals surface area contributed by atoms with E-state index in [0.29, 0.717) is 34.0 Å². The van der Waals surface area contributed by atoms with E-state index in [4.69, 9.17) is 9.15 Å². The second-order valence-corrected chi connectivity index (χ2v) is 6.00. The zero-order valence-corrected chi connectivity index (χ0v) is 14.5. The standard InChI is InChI=1S/C21H14F2N2O3/c22-14-3-1-13(2-4-14)21-25-18-10-7-16(11-19(18)28-21)24-20(26)12-27-17-8-5-15(23)6-9-17/h1-11H,12H2,(H,24,26). The predicted octanol–water partition coefficient (Wildman–Crippen LogP) is 4.79. The highest BCUT2D eigenvalue weighted by Crippen LogP contribution is 2.26. The topological polar surface area (TPSA) is 64.4 Å². The molecule has 1 heterocycles. The second-order valence-electron chi connectivity index (χ2n) is 6.00. The summed E-state index contributed by atoms with van der Waals surface area (Å²) < 4.78 is 36.9. The summed E-state index contributed by atoms with van der Waals surface area (Å²) in [6, 6.07) is 16.3. The molecule has 0 spiro atoms. The van der Waals surface area contributed by atoms with E-state index in [0.717, 1.165) is 0 Å². The van der Waals surface area contributed by atoms with Crippen molar-refractivity contribution >= 4 is 22.7 Å². The highest BCUT2D eigenvalue weighted by Gasteiger charge is 2.10. The molecule has 5 nitrogen and oxygen atoms in total. The number of hydrogen-bond donors (Lipinski definition) is 1. The predicted molar refractivity (Wildman–Crippen MR) is 99.9 cm³/mol. The van der Waals surface area contributed by atoms with Gasteiger partial charge in [-0.15, -0.1) is 0 Å². The van der Waals surface area contributed by atoms with Gasteiger partial charge in [0, 0.05) is 17.3 Å². The van der Waals surface area contributed by atoms with Crippen LogP contribution >= 0.6 is 0 Å². The van der Waals surface area contributed by atoms with E-state index in [1.165, 1.54) is 36.4 Å². The van der Waals surface area contributed by atoms with Crippen molar-refractivity contribution in [2.24, 2.45) is 0 Å². The van der Waals surface area contributed by atoms with E-state index in [2.05, 4.69) is 10.3 Å². The van der Waals surface area contributed by atoms with E-state index < -0.39 is 0 Å². The molecule has 3 aromatic carbocycles. The molecule has 28 heavy (non-hydrogen) atoms. The first-order chi connectivity index (χ1) is 13.6. The Morgan fingerprint density at radius 3 is 2.36 bits per heavy atom. The number of amides is 1. The number of hydrogen-bond acceptors (Lipinski definition) is 4. The number of carbonyl (C=O) groups is 1. The Kier molecular flexibility index (Phi) is 4.72. The molecule has 1 aromatic heterocycles. The van der Waals surface area contributed by atoms with Gasteiger partial charge in [-0.25, -0.2) is 13.8 Å². The third kappa shape index (κ3) is 3.98. The quantitative estimate of drug-likeness (QED) is 0.541. The lowest BCUT2D eigenvalue weighted by atomic mass is 10.2. The second kappa shape index (κ2) is 7.48. The van der Waals surface area contributed by atoms with Crippen LogP contribution in [0.15, 0.2) is 71.1 Å². The number of aromatic nitrogens is 1. The van der Waals surface area contributed by atoms with Crippen molar-refractivity contribution in [1.82, 2.24) is 4.98 Å². The molecular formula is C21H14F2N2O3. The molecule has 0 unspecified atom stereocenters. The zero-order chi connectivity index (χ0) is 19.5. The highest BCUT2D eigenvalue weighted by atomic mass is 19.1. The van der Waals surface area contributed by atoms with Crippen LogP contribution in [0.5, 0.6) is 5.75 Å². The maximum Gasteiger partial charge on any atom is 0.262 e. The first kappa shape index (κ1) is 17.7. The molecule has 7 heteroatoms. The minimum Gasteiger partial charge on any atom is -0.484 e. The Labute approximate surface area is 158 Å². The summed E-state index contributed by atoms with van der Waals surface area (Å²) in [6.07, 6.45) is 0. The van der Waals surface area contributed by atoms with Gasteiger partial charge < -0.3 is 14.5 Å². The minimum atomic E-state index is -0.378. The van der Waals surface area contributed by atoms with Crippen molar-refractivity contribution < 1.29 is 22.7 Å². The maximum absolute atomic E-state index is 13.1. The summed E-state index contributed by atoms with van der Waals surface area (Å²) in [6.45, 7) is -0.221. The van der Waals surface area contributed by atoms with Crippen molar-refractivity contribution in [3.63, 3.8) is 0 Å². The molecule has 4 aromatic rings. The summed E-state index contributed by atoms with van der Waals surface area (Å²) in [5.41, 5.74) is 2.26. The van der Waals surface area contributed by atoms with Crippen LogP contribution in [0.4, 0.5) is 14.5 Å². The number of nitrogens with one attached hydrogen (secondary N) is 1. The molecular weight excluding hydrogens is 366 g/mol. The Hall–Kier alpha value is -3.74. The van der Waals surface area contributed by atoms with Gasteiger partial charge in [0.15, 0.2) is 12.2 Å². The van der Waals surface area contributed by atoms with E-state index in [-0.39, 0.29) is 24.1 Å². The molecule has 0 fully saturated rings. The van der Waals surface area contributed by atoms with Gasteiger partial charge in [0.05, 0.1) is 0 Å². The van der Waals surface area contributed by atoms with Gasteiger partial charge in [-0.1, -0.05) is 0 Å². The molecule has 1 amide bonds. The number of nitrogens with zero attached hydrogens (tertiary/aromatic N) is 1. The van der Waals surface area contributed by atoms with Gasteiger partial charge in [0.25, 0.3) is 5.91 Å². The van der Waals surface area contributed by atoms with Gasteiger partial charge in [-0.2, -0.15) is 0 Å². The SMILES string of the molecule is O=C(COc1ccc(F)cc1)Nc1ccc2nc(-c3ccc(F)cc3)oc2c1. The maximum atomic E-state index is 13.1. The van der Waals surface area contributed by atoms with Crippen molar-refractivity contribution in [3.05, 3.63) is 78.4 Å². The number of oxazole rings is 1. The molecule has 0 atom stereocenters. The van der Waals surface area contributed by atoms with Gasteiger partial charge in [-0.05, 0) is 60.7 Å². The van der Waals surface area contributed by atoms with Crippen LogP contribution in [-0.2, 0) is 4.79 Å². The Bertz CT molecular complexity index is 1120. The van der Waals surface area contributed by atoms with Gasteiger partial charge in [0.2, 0.25) is 5.89 Å². The lowest BCUT2D eigenvalue weighted by Gasteiger charge is -2.07. The smallest absolute Gasteiger partial charge is 0.262 e. The van der Waals surface area contributed by atoms with Crippen LogP contribution in [0.2, 0.25) is 0 Å². The zero-order valence-electron chi connectivity index (χ0n) is 14.5. The molecule has 0 saturated heterocycles. The minimum absolute atomic E-state index is 0.221. The Morgan fingerprint density at radius 1 is 0.964 bits per heavy atom. The molecule has 0 aliphatic heterocycles. The molecule has 1 N–H and O–H groups in total. The van der Waals surface area contributed by atoms with Crippen LogP contribution in [0.25, 0.3) is 22.6 Å². The van der Waals surface area contributed by atoms with Crippen molar-refractivity contribution in [2.45, 2.75) is 0 Å². The summed E-state index contributed by atoms with van der Waals surface area (Å²) in [7, 11) is 0. The molecule has 4 rings (SSSR count). The fourth-order valence-corrected chi connectivity index (χ4v) is 2.60. The van der Waals surface area contributed by atoms with Gasteiger partial charge >= 0.3 is 0 Å². The van der Waals surface area contributed by atoms with Gasteiger partial charge in [0.1, 0.15) is 22.9 Å². The third-order valence-corrected chi connectivity index (χ3v) is 3.95. The molecule has 0 aliphatic rings. The van der Waals surface area contributed by atoms with E-state index in [1.807, 2.05) is 0 Å². The van der Waals surface area contributed by atoms with Crippen molar-refractivity contribution in [3.8, 4) is 17.2 Å². The van der Waals surface area contributed by atoms with Crippen LogP contribution in [0, 0.1) is 11.6 Å². The molecule has 0 aliphatic carbocycles. The number of halogens is 2. The Balaban J connectivity index is 1.44. The average Bonchev–Trinajstić information content (AvgIpc) is 3.11. The molecule has 0 radical (unpaired) electrons. The number of ether oxygens (including phenoxy) is 1. The largest absolute Gasteiger partial charge is 0.484 e. The highest BCUT2D eigenvalue weighted by molar-refractivity contribution is 5.93. The molecule has 0 saturated carbocycles. The third-order valence-electron chi connectivity index (χ3n) is 3.95. The van der Waals surface area contributed by atoms with Crippen LogP contribution in [-0.4, -0.2) is 17.5 Å². The normalized spacial score (nSPS) is 10.8. The Morgan fingerprint density at radius 2 is 1.64 bits per heavy atom. The van der Waals surface area contributed by atoms with E-state index in [1.54, 1.807) is 30.3 Å². The van der Waals surface area contributed by atoms with Crippen molar-refractivity contribution in [2.75, 3.05) is 11.9 Å². The molecule has 140 valence electrons. The number of carbonyl (C=O) groups excluding carboxylic acids is 1. The lowest BCUT2D eigenvalue weighted by molar-refractivity contribution is -0.118. The number of rotatable bonds is 5. The van der Waals surface area contributed by atoms with Crippen LogP contribution in [0.1, 0.15) is 0 Å². The van der Waals surface area contributed by atoms with E-state index in [9.17, 15) is 13.6 Å². The number of fused-ring (bicyclic) bond motifs is 1. The summed E-state index contributed by atoms with van der Waals surface area (Å²) in [5, 5.41) is 2.70. The lowest BCUT2D eigenvalue weighted by Crippen LogP contribution is -2.20. The number of anilines is 1. The fourth-order valence-electron chi connectivity index (χ4n) is 2.60. The monoisotopic (exact) mass is 380 g/mol. The summed E-state index contributed by atoms with van der Waals surface area (Å²) in [5.74, 6) is -0.337. The average molecular weight is 380 g/mol. The fraction of sp³-hybridized carbons (Fsp3) is 0.0476. The molecule has 0 bridgehead atoms. The van der Waals surface area contributed by atoms with Crippen LogP contribution in [0.3, 0.4) is 0 Å². The number of benzene rings is 3. The first-order valence-electron chi connectivity index (χ1n) is 8.41.